The molecule has 0 saturated heterocycles. The maximum atomic E-state index is 12.9. The zero-order chi connectivity index (χ0) is 68.3. The van der Waals surface area contributed by atoms with Gasteiger partial charge in [0.15, 0.2) is 6.10 Å². The molecule has 0 radical (unpaired) electrons. The number of esters is 2. The highest BCUT2D eigenvalue weighted by molar-refractivity contribution is 7.45. The molecule has 0 spiro atoms. The van der Waals surface area contributed by atoms with E-state index in [1.54, 1.807) is 0 Å². The quantitative estimate of drug-likeness (QED) is 0.0195. The number of likely N-dealkylation sites (N-methyl/N-ethyl adjacent to an activating group) is 1. The minimum absolute atomic E-state index is 0.0411. The first-order valence-corrected chi connectivity index (χ1v) is 39.3. The van der Waals surface area contributed by atoms with Gasteiger partial charge in [0.2, 0.25) is 0 Å². The maximum absolute atomic E-state index is 12.9. The molecule has 0 rings (SSSR count). The number of phosphoric acid groups is 1. The van der Waals surface area contributed by atoms with Crippen molar-refractivity contribution in [1.29, 1.82) is 0 Å². The summed E-state index contributed by atoms with van der Waals surface area (Å²) in [5, 5.41) is 0. The summed E-state index contributed by atoms with van der Waals surface area (Å²) in [6, 6.07) is 0. The van der Waals surface area contributed by atoms with Crippen LogP contribution in [0.4, 0.5) is 0 Å². The van der Waals surface area contributed by atoms with Gasteiger partial charge in [-0.2, -0.15) is 0 Å². The Balaban J connectivity index is 4.09. The SMILES string of the molecule is CC/C=C\C/C=C\C/C=C\C/C=C\C/C=C\C/C=C\C/C=C\C/C=C\C/C=C\C/C=C\CCCCCCCCC(=O)OC(COC(=O)CCCCCCCCCCCCCCCCCCCCCC/C=C\C/C=C\C/C=C\C/C=C\CC)COP(=O)([O-])OCC[N+](C)(C)C. The Kier molecular flexibility index (Phi) is 69.1. The van der Waals surface area contributed by atoms with Crippen molar-refractivity contribution in [2.75, 3.05) is 47.5 Å². The van der Waals surface area contributed by atoms with Crippen molar-refractivity contribution < 1.29 is 42.1 Å². The number of unbranched alkanes of at least 4 members (excludes halogenated alkanes) is 26. The van der Waals surface area contributed by atoms with Crippen molar-refractivity contribution in [2.45, 2.75) is 302 Å². The summed E-state index contributed by atoms with van der Waals surface area (Å²) in [7, 11) is 1.14. The molecule has 10 heteroatoms. The van der Waals surface area contributed by atoms with Gasteiger partial charge in [-0.25, -0.2) is 0 Å². The number of allylic oxidation sites excluding steroid dienone is 28. The zero-order valence-corrected chi connectivity index (χ0v) is 61.7. The summed E-state index contributed by atoms with van der Waals surface area (Å²) in [6.07, 6.45) is 110. The van der Waals surface area contributed by atoms with E-state index in [0.717, 1.165) is 148 Å². The molecule has 0 saturated carbocycles. The van der Waals surface area contributed by atoms with Crippen LogP contribution in [0.15, 0.2) is 170 Å². The lowest BCUT2D eigenvalue weighted by molar-refractivity contribution is -0.870. The fourth-order valence-electron chi connectivity index (χ4n) is 10.0. The molecule has 0 N–H and O–H groups in total. The van der Waals surface area contributed by atoms with Crippen LogP contribution in [0.5, 0.6) is 0 Å². The number of phosphoric ester groups is 1. The lowest BCUT2D eigenvalue weighted by Crippen LogP contribution is -2.37. The Morgan fingerprint density at radius 3 is 0.851 bits per heavy atom. The minimum Gasteiger partial charge on any atom is -0.756 e. The maximum Gasteiger partial charge on any atom is 0.306 e. The van der Waals surface area contributed by atoms with Crippen LogP contribution in [0.25, 0.3) is 0 Å². The van der Waals surface area contributed by atoms with Crippen molar-refractivity contribution in [3.05, 3.63) is 170 Å². The van der Waals surface area contributed by atoms with Gasteiger partial charge in [-0.3, -0.25) is 14.2 Å². The zero-order valence-electron chi connectivity index (χ0n) is 60.8. The van der Waals surface area contributed by atoms with Crippen LogP contribution < -0.4 is 4.89 Å². The molecule has 2 unspecified atom stereocenters. The fourth-order valence-corrected chi connectivity index (χ4v) is 10.8. The summed E-state index contributed by atoms with van der Waals surface area (Å²) in [5.74, 6) is -0.852. The molecule has 0 heterocycles. The second kappa shape index (κ2) is 72.6. The molecule has 534 valence electrons. The van der Waals surface area contributed by atoms with Gasteiger partial charge in [-0.05, 0) is 128 Å². The lowest BCUT2D eigenvalue weighted by Gasteiger charge is -2.28. The molecule has 0 bridgehead atoms. The molecule has 0 aliphatic rings. The predicted molar refractivity (Wildman–Crippen MR) is 406 cm³/mol. The van der Waals surface area contributed by atoms with E-state index in [1.807, 2.05) is 21.1 Å². The summed E-state index contributed by atoms with van der Waals surface area (Å²) in [5.41, 5.74) is 0. The number of carbonyl (C=O) groups excluding carboxylic acids is 2. The molecule has 0 fully saturated rings. The Morgan fingerprint density at radius 2 is 0.574 bits per heavy atom. The number of carbonyl (C=O) groups is 2. The van der Waals surface area contributed by atoms with Crippen molar-refractivity contribution in [3.8, 4) is 0 Å². The topological polar surface area (TPSA) is 111 Å². The molecular weight excluding hydrogens is 1180 g/mol. The lowest BCUT2D eigenvalue weighted by atomic mass is 10.0. The molecule has 0 aliphatic carbocycles. The highest BCUT2D eigenvalue weighted by atomic mass is 31.2. The third-order valence-corrected chi connectivity index (χ3v) is 16.7. The highest BCUT2D eigenvalue weighted by Crippen LogP contribution is 2.38. The van der Waals surface area contributed by atoms with Crippen LogP contribution in [0, 0.1) is 0 Å². The highest BCUT2D eigenvalue weighted by Gasteiger charge is 2.22. The average molecular weight is 1320 g/mol. The Labute approximate surface area is 578 Å². The van der Waals surface area contributed by atoms with Crippen LogP contribution >= 0.6 is 7.82 Å². The molecule has 0 aromatic carbocycles. The second-order valence-corrected chi connectivity index (χ2v) is 27.3. The number of nitrogens with zero attached hydrogens (tertiary/aromatic N) is 1. The predicted octanol–water partition coefficient (Wildman–Crippen LogP) is 24.6. The molecule has 2 atom stereocenters. The first-order valence-electron chi connectivity index (χ1n) is 37.8. The Hall–Kier alpha value is -4.63. The normalized spacial score (nSPS) is 14.1. The molecule has 0 aliphatic heterocycles. The Bertz CT molecular complexity index is 2200. The largest absolute Gasteiger partial charge is 0.756 e. The monoisotopic (exact) mass is 1320 g/mol. The van der Waals surface area contributed by atoms with Gasteiger partial charge in [0.25, 0.3) is 7.82 Å². The first-order chi connectivity index (χ1) is 46.0. The molecule has 0 aromatic heterocycles. The summed E-state index contributed by atoms with van der Waals surface area (Å²) < 4.78 is 34.3. The van der Waals surface area contributed by atoms with Crippen LogP contribution in [0.2, 0.25) is 0 Å². The smallest absolute Gasteiger partial charge is 0.306 e. The second-order valence-electron chi connectivity index (χ2n) is 25.9. The van der Waals surface area contributed by atoms with Gasteiger partial charge >= 0.3 is 11.9 Å². The van der Waals surface area contributed by atoms with Gasteiger partial charge in [0.1, 0.15) is 19.8 Å². The fraction of sp³-hybridized carbons (Fsp3) is 0.643. The molecule has 0 amide bonds. The molecule has 9 nitrogen and oxygen atoms in total. The standard InChI is InChI=1S/C84H140NO8P/c1-6-8-10-12-14-16-18-20-22-24-26-28-30-32-34-36-38-40-41-42-43-45-47-49-51-53-55-57-59-61-63-65-67-69-71-73-75-77-84(87)93-82(81-92-94(88,89)91-79-78-85(3,4)5)80-90-83(86)76-74-72-70-68-66-64-62-60-58-56-54-52-50-48-46-44-39-37-35-33-31-29-27-25-23-21-19-17-15-13-11-9-7-2/h8-11,14-17,20-23,26-29,32,34,38,40,42-43,47,49,53,55,59,61,82H,6-7,12-13,18-19,24-25,30-31,33,35-37,39,41,44-46,48,50-52,54,56-58,60,62-81H2,1-5H3/b10-8-,11-9-,16-14-,17-15-,22-20-,23-21-,28-26-,29-27-,34-32-,40-38-,43-42-,49-47-,55-53-,61-59-. The van der Waals surface area contributed by atoms with E-state index >= 15 is 0 Å². The van der Waals surface area contributed by atoms with E-state index in [9.17, 15) is 19.0 Å². The average Bonchev–Trinajstić information content (AvgIpc) is 1.56. The van der Waals surface area contributed by atoms with Crippen molar-refractivity contribution in [3.63, 3.8) is 0 Å². The number of hydrogen-bond acceptors (Lipinski definition) is 8. The third kappa shape index (κ3) is 76.4. The van der Waals surface area contributed by atoms with E-state index in [-0.39, 0.29) is 32.0 Å². The van der Waals surface area contributed by atoms with E-state index < -0.39 is 26.5 Å². The van der Waals surface area contributed by atoms with Crippen LogP contribution in [0.3, 0.4) is 0 Å². The van der Waals surface area contributed by atoms with Gasteiger partial charge in [-0.1, -0.05) is 325 Å². The number of ether oxygens (including phenoxy) is 2. The Morgan fingerprint density at radius 1 is 0.330 bits per heavy atom. The third-order valence-electron chi connectivity index (χ3n) is 15.7. The van der Waals surface area contributed by atoms with Gasteiger partial charge in [0.05, 0.1) is 27.7 Å². The summed E-state index contributed by atoms with van der Waals surface area (Å²) in [6.45, 7) is 4.00. The van der Waals surface area contributed by atoms with E-state index in [1.165, 1.54) is 116 Å². The van der Waals surface area contributed by atoms with Gasteiger partial charge < -0.3 is 27.9 Å². The molecular formula is C84H140NO8P. The van der Waals surface area contributed by atoms with Gasteiger partial charge in [-0.15, -0.1) is 0 Å². The van der Waals surface area contributed by atoms with E-state index in [2.05, 4.69) is 184 Å². The number of quaternary nitrogens is 1. The molecule has 94 heavy (non-hydrogen) atoms. The van der Waals surface area contributed by atoms with Crippen LogP contribution in [-0.2, 0) is 32.7 Å². The molecule has 0 aromatic rings. The van der Waals surface area contributed by atoms with Gasteiger partial charge in [0, 0.05) is 12.8 Å². The van der Waals surface area contributed by atoms with E-state index in [4.69, 9.17) is 18.5 Å². The van der Waals surface area contributed by atoms with Crippen LogP contribution in [0.1, 0.15) is 296 Å². The van der Waals surface area contributed by atoms with Crippen molar-refractivity contribution in [2.24, 2.45) is 0 Å². The van der Waals surface area contributed by atoms with Crippen molar-refractivity contribution >= 4 is 19.8 Å². The summed E-state index contributed by atoms with van der Waals surface area (Å²) >= 11 is 0. The number of rotatable bonds is 68. The first kappa shape index (κ1) is 89.4. The minimum atomic E-state index is -4.66. The number of hydrogen-bond donors (Lipinski definition) is 0. The summed E-state index contributed by atoms with van der Waals surface area (Å²) in [4.78, 5) is 38.1. The van der Waals surface area contributed by atoms with Crippen LogP contribution in [-0.4, -0.2) is 70.0 Å². The van der Waals surface area contributed by atoms with Crippen molar-refractivity contribution in [1.82, 2.24) is 0 Å². The van der Waals surface area contributed by atoms with E-state index in [0.29, 0.717) is 17.4 Å².